The molecule has 4 saturated heterocycles. The minimum Gasteiger partial charge on any atom is -0.508 e. The van der Waals surface area contributed by atoms with Gasteiger partial charge in [-0.05, 0) is 123 Å². The van der Waals surface area contributed by atoms with Gasteiger partial charge >= 0.3 is 6.01 Å². The fourth-order valence-corrected chi connectivity index (χ4v) is 12.4. The smallest absolute Gasteiger partial charge is 0.319 e. The number of carbonyl (C=O) groups excluding carboxylic acids is 3. The summed E-state index contributed by atoms with van der Waals surface area (Å²) in [7, 11) is 0. The number of aryl methyl sites for hydroxylation is 1. The van der Waals surface area contributed by atoms with E-state index in [1.54, 1.807) is 28.4 Å². The monoisotopic (exact) mass is 1070 g/mol. The number of piperazine rings is 1. The number of thiazole rings is 1. The van der Waals surface area contributed by atoms with E-state index in [0.29, 0.717) is 67.6 Å². The Labute approximate surface area is 452 Å². The summed E-state index contributed by atoms with van der Waals surface area (Å²) >= 11 is 1.59. The Morgan fingerprint density at radius 1 is 0.948 bits per heavy atom. The van der Waals surface area contributed by atoms with Crippen LogP contribution < -0.4 is 25.6 Å². The molecule has 0 aliphatic carbocycles. The zero-order valence-corrected chi connectivity index (χ0v) is 45.2. The van der Waals surface area contributed by atoms with Gasteiger partial charge in [-0.2, -0.15) is 9.97 Å². The average Bonchev–Trinajstić information content (AvgIpc) is 4.21. The predicted molar refractivity (Wildman–Crippen MR) is 295 cm³/mol. The van der Waals surface area contributed by atoms with Crippen LogP contribution in [0.2, 0.25) is 0 Å². The molecule has 18 heteroatoms. The van der Waals surface area contributed by atoms with E-state index in [4.69, 9.17) is 20.9 Å². The van der Waals surface area contributed by atoms with Gasteiger partial charge in [-0.1, -0.05) is 63.1 Å². The van der Waals surface area contributed by atoms with Crippen molar-refractivity contribution in [2.24, 2.45) is 11.3 Å². The Bertz CT molecular complexity index is 3210. The van der Waals surface area contributed by atoms with Gasteiger partial charge in [0, 0.05) is 54.6 Å². The molecule has 6 aromatic rings. The maximum atomic E-state index is 17.1. The largest absolute Gasteiger partial charge is 0.508 e. The molecule has 5 atom stereocenters. The van der Waals surface area contributed by atoms with Gasteiger partial charge in [0.05, 0.1) is 34.3 Å². The van der Waals surface area contributed by atoms with E-state index in [2.05, 4.69) is 41.6 Å². The highest BCUT2D eigenvalue weighted by atomic mass is 32.1. The van der Waals surface area contributed by atoms with E-state index in [9.17, 15) is 19.5 Å². The maximum absolute atomic E-state index is 17.1. The summed E-state index contributed by atoms with van der Waals surface area (Å²) in [6.45, 7) is 14.0. The normalized spacial score (nSPS) is 19.8. The molecule has 0 saturated carbocycles. The molecular formula is C59H67F2N9O6S. The van der Waals surface area contributed by atoms with Gasteiger partial charge in [0.1, 0.15) is 48.2 Å². The molecule has 15 nitrogen and oxygen atoms in total. The SMILES string of the molecule is C#Cc1c(F)ccc2cc(O)cc(-c3ccc4c(N5CC6CCC(C5)N6)nc(OCCN5CCC(COCC(=O)N[C@H](C(=O)N6CCC[C@H]6C(=O)N[C@@H](C)c6ccc(-c7scnc7C)cc6)C(C)(C)C)CC5)nc4c3F)c12. The lowest BCUT2D eigenvalue weighted by molar-refractivity contribution is -0.144. The molecule has 2 bridgehead atoms. The fraction of sp³-hybridized carbons (Fsp3) is 0.458. The lowest BCUT2D eigenvalue weighted by atomic mass is 9.85. The first-order chi connectivity index (χ1) is 37.0. The molecule has 4 N–H and O–H groups in total. The number of phenols is 1. The van der Waals surface area contributed by atoms with Crippen molar-refractivity contribution >= 4 is 56.6 Å². The second-order valence-electron chi connectivity index (χ2n) is 22.2. The van der Waals surface area contributed by atoms with Gasteiger partial charge in [-0.25, -0.2) is 13.8 Å². The molecular weight excluding hydrogens is 1000 g/mol. The number of piperidine rings is 1. The second kappa shape index (κ2) is 22.7. The number of likely N-dealkylation sites (tertiary alicyclic amines) is 2. The van der Waals surface area contributed by atoms with E-state index in [-0.39, 0.29) is 88.9 Å². The zero-order chi connectivity index (χ0) is 54.1. The van der Waals surface area contributed by atoms with Crippen molar-refractivity contribution in [3.8, 4) is 45.7 Å². The van der Waals surface area contributed by atoms with E-state index in [0.717, 1.165) is 60.5 Å². The Morgan fingerprint density at radius 3 is 2.40 bits per heavy atom. The van der Waals surface area contributed by atoms with Gasteiger partial charge in [0.2, 0.25) is 17.7 Å². The van der Waals surface area contributed by atoms with Crippen LogP contribution in [0.15, 0.2) is 66.2 Å². The molecule has 4 aromatic carbocycles. The molecule has 10 rings (SSSR count). The van der Waals surface area contributed by atoms with Crippen LogP contribution in [0.3, 0.4) is 0 Å². The van der Waals surface area contributed by atoms with Crippen molar-refractivity contribution in [3.63, 3.8) is 0 Å². The molecule has 4 aliphatic heterocycles. The Kier molecular flexibility index (Phi) is 15.8. The first kappa shape index (κ1) is 53.6. The third-order valence-electron chi connectivity index (χ3n) is 15.7. The predicted octanol–water partition coefficient (Wildman–Crippen LogP) is 8.29. The molecule has 77 heavy (non-hydrogen) atoms. The number of hydrogen-bond acceptors (Lipinski definition) is 13. The first-order valence-corrected chi connectivity index (χ1v) is 27.7. The van der Waals surface area contributed by atoms with Crippen molar-refractivity contribution in [2.45, 2.75) is 103 Å². The molecule has 2 aromatic heterocycles. The summed E-state index contributed by atoms with van der Waals surface area (Å²) in [5, 5.41) is 21.7. The highest BCUT2D eigenvalue weighted by molar-refractivity contribution is 7.13. The number of aromatic nitrogens is 3. The van der Waals surface area contributed by atoms with Crippen LogP contribution in [0.5, 0.6) is 11.8 Å². The zero-order valence-electron chi connectivity index (χ0n) is 44.3. The van der Waals surface area contributed by atoms with E-state index < -0.39 is 29.1 Å². The molecule has 0 spiro atoms. The van der Waals surface area contributed by atoms with Gasteiger partial charge in [0.25, 0.3) is 0 Å². The van der Waals surface area contributed by atoms with Crippen LogP contribution in [0.25, 0.3) is 43.2 Å². The third kappa shape index (κ3) is 11.6. The van der Waals surface area contributed by atoms with Crippen LogP contribution >= 0.6 is 11.3 Å². The standard InChI is InChI=1S/C59H67F2N9O6S/c1-7-43-47(60)19-14-39-27-42(71)28-46(50(39)43)44-17-18-45-52(51(44)61)66-58(67-55(45)69-29-40-15-16-41(30-69)64-40)76-26-25-68-23-20-36(21-24-68)31-75-32-49(72)65-54(59(4,5)6)57(74)70-22-8-9-48(70)56(73)63-34(2)37-10-12-38(13-11-37)53-35(3)62-33-77-53/h1,10-14,17-19,27-28,33-34,36,40-41,48,54,64,71H,8-9,15-16,20-26,29-32H2,2-6H3,(H,63,73)(H,65,72)/t34-,40?,41?,48-,54+/m0/s1. The number of nitrogens with one attached hydrogen (secondary N) is 3. The fourth-order valence-electron chi connectivity index (χ4n) is 11.6. The lowest BCUT2D eigenvalue weighted by Gasteiger charge is -2.35. The van der Waals surface area contributed by atoms with E-state index in [1.807, 2.05) is 64.4 Å². The molecule has 3 amide bonds. The minimum atomic E-state index is -0.863. The maximum Gasteiger partial charge on any atom is 0.319 e. The summed E-state index contributed by atoms with van der Waals surface area (Å²) < 4.78 is 44.3. The number of phenolic OH excluding ortho intramolecular Hbond substituents is 1. The van der Waals surface area contributed by atoms with Crippen molar-refractivity contribution in [1.82, 2.24) is 40.7 Å². The Hall–Kier alpha value is -6.78. The topological polar surface area (TPSA) is 174 Å². The molecule has 2 unspecified atom stereocenters. The summed E-state index contributed by atoms with van der Waals surface area (Å²) in [5.41, 5.74) is 4.58. The highest BCUT2D eigenvalue weighted by Crippen LogP contribution is 2.41. The number of amides is 3. The van der Waals surface area contributed by atoms with Crippen molar-refractivity contribution in [3.05, 3.63) is 94.6 Å². The van der Waals surface area contributed by atoms with Crippen LogP contribution in [-0.4, -0.2) is 131 Å². The number of anilines is 1. The Balaban J connectivity index is 0.723. The number of aromatic hydroxyl groups is 1. The third-order valence-corrected chi connectivity index (χ3v) is 16.7. The van der Waals surface area contributed by atoms with Gasteiger partial charge < -0.3 is 40.3 Å². The van der Waals surface area contributed by atoms with Crippen LogP contribution in [0.1, 0.15) is 89.1 Å². The summed E-state index contributed by atoms with van der Waals surface area (Å²) in [4.78, 5) is 62.4. The van der Waals surface area contributed by atoms with E-state index in [1.165, 1.54) is 24.3 Å². The van der Waals surface area contributed by atoms with Crippen molar-refractivity contribution in [2.75, 3.05) is 64.0 Å². The molecule has 0 radical (unpaired) electrons. The van der Waals surface area contributed by atoms with Crippen LogP contribution in [0, 0.1) is 42.2 Å². The number of halogens is 2. The average molecular weight is 1070 g/mol. The van der Waals surface area contributed by atoms with Crippen molar-refractivity contribution in [1.29, 1.82) is 0 Å². The number of hydrogen-bond donors (Lipinski definition) is 4. The molecule has 4 aliphatic rings. The lowest BCUT2D eigenvalue weighted by Crippen LogP contribution is -2.58. The summed E-state index contributed by atoms with van der Waals surface area (Å²) in [5.74, 6) is 0.922. The quantitative estimate of drug-likeness (QED) is 0.0685. The summed E-state index contributed by atoms with van der Waals surface area (Å²) in [6, 6.07) is 15.9. The number of rotatable bonds is 16. The number of benzene rings is 4. The number of fused-ring (bicyclic) bond motifs is 4. The molecule has 404 valence electrons. The summed E-state index contributed by atoms with van der Waals surface area (Å²) in [6.07, 6.45) is 10.7. The van der Waals surface area contributed by atoms with Crippen LogP contribution in [0.4, 0.5) is 14.6 Å². The molecule has 6 heterocycles. The number of ether oxygens (including phenoxy) is 2. The number of carbonyl (C=O) groups is 3. The molecule has 4 fully saturated rings. The van der Waals surface area contributed by atoms with Crippen LogP contribution in [-0.2, 0) is 19.1 Å². The number of terminal acetylenes is 1. The highest BCUT2D eigenvalue weighted by Gasteiger charge is 2.42. The first-order valence-electron chi connectivity index (χ1n) is 26.8. The van der Waals surface area contributed by atoms with E-state index >= 15 is 8.78 Å². The van der Waals surface area contributed by atoms with Gasteiger partial charge in [-0.15, -0.1) is 17.8 Å². The van der Waals surface area contributed by atoms with Gasteiger partial charge in [0.15, 0.2) is 5.82 Å². The van der Waals surface area contributed by atoms with Gasteiger partial charge in [-0.3, -0.25) is 19.3 Å². The second-order valence-corrected chi connectivity index (χ2v) is 23.0. The van der Waals surface area contributed by atoms with Crippen molar-refractivity contribution < 1.29 is 37.7 Å². The minimum absolute atomic E-state index is 0.0249. The number of nitrogens with zero attached hydrogens (tertiary/aromatic N) is 6. The Morgan fingerprint density at radius 2 is 1.70 bits per heavy atom.